The smallest absolute Gasteiger partial charge is 0.0721 e. The molecule has 1 aromatic rings. The molecule has 1 heterocycles. The first kappa shape index (κ1) is 13.5. The van der Waals surface area contributed by atoms with Crippen LogP contribution in [0.4, 0.5) is 0 Å². The number of hydrogen-bond donors (Lipinski definition) is 2. The molecule has 100 valence electrons. The molecule has 1 aliphatic rings. The van der Waals surface area contributed by atoms with Crippen LogP contribution in [0, 0.1) is 0 Å². The minimum absolute atomic E-state index is 0.0945. The summed E-state index contributed by atoms with van der Waals surface area (Å²) in [5, 5.41) is 12.1. The summed E-state index contributed by atoms with van der Waals surface area (Å²) in [4.78, 5) is 0. The van der Waals surface area contributed by atoms with E-state index in [4.69, 9.17) is 14.6 Å². The van der Waals surface area contributed by atoms with E-state index in [0.717, 1.165) is 19.6 Å². The fourth-order valence-electron chi connectivity index (χ4n) is 2.17. The molecule has 0 aliphatic carbocycles. The van der Waals surface area contributed by atoms with Crippen molar-refractivity contribution in [3.05, 3.63) is 35.4 Å². The molecule has 0 amide bonds. The summed E-state index contributed by atoms with van der Waals surface area (Å²) >= 11 is 0. The third-order valence-electron chi connectivity index (χ3n) is 3.06. The number of rotatable bonds is 7. The van der Waals surface area contributed by atoms with Crippen molar-refractivity contribution in [1.29, 1.82) is 0 Å². The number of fused-ring (bicyclic) bond motifs is 1. The molecule has 0 radical (unpaired) electrons. The van der Waals surface area contributed by atoms with Crippen LogP contribution in [0.1, 0.15) is 23.6 Å². The molecule has 0 bridgehead atoms. The first-order valence-electron chi connectivity index (χ1n) is 6.49. The van der Waals surface area contributed by atoms with Gasteiger partial charge in [0, 0.05) is 6.61 Å². The van der Waals surface area contributed by atoms with Crippen molar-refractivity contribution in [2.75, 3.05) is 33.0 Å². The lowest BCUT2D eigenvalue weighted by molar-refractivity contribution is 0.0762. The zero-order valence-corrected chi connectivity index (χ0v) is 10.6. The van der Waals surface area contributed by atoms with Gasteiger partial charge in [-0.2, -0.15) is 0 Å². The Balaban J connectivity index is 1.74. The predicted octanol–water partition coefficient (Wildman–Crippen LogP) is 1.25. The monoisotopic (exact) mass is 251 g/mol. The average Bonchev–Trinajstić information content (AvgIpc) is 2.43. The van der Waals surface area contributed by atoms with Crippen LogP contribution in [-0.2, 0) is 16.1 Å². The highest BCUT2D eigenvalue weighted by Gasteiger charge is 2.19. The van der Waals surface area contributed by atoms with Crippen LogP contribution in [-0.4, -0.2) is 38.1 Å². The van der Waals surface area contributed by atoms with Gasteiger partial charge in [0.05, 0.1) is 32.5 Å². The van der Waals surface area contributed by atoms with Gasteiger partial charge in [-0.15, -0.1) is 0 Å². The molecule has 1 aromatic carbocycles. The Morgan fingerprint density at radius 3 is 3.11 bits per heavy atom. The first-order chi connectivity index (χ1) is 8.92. The van der Waals surface area contributed by atoms with E-state index in [1.54, 1.807) is 0 Å². The maximum atomic E-state index is 8.58. The van der Waals surface area contributed by atoms with Crippen molar-refractivity contribution in [2.24, 2.45) is 0 Å². The minimum Gasteiger partial charge on any atom is -0.394 e. The van der Waals surface area contributed by atoms with Gasteiger partial charge in [0.1, 0.15) is 0 Å². The molecule has 2 N–H and O–H groups in total. The van der Waals surface area contributed by atoms with Gasteiger partial charge in [-0.1, -0.05) is 24.3 Å². The largest absolute Gasteiger partial charge is 0.394 e. The fourth-order valence-corrected chi connectivity index (χ4v) is 2.17. The van der Waals surface area contributed by atoms with Gasteiger partial charge in [0.25, 0.3) is 0 Å². The van der Waals surface area contributed by atoms with Gasteiger partial charge in [0.2, 0.25) is 0 Å². The van der Waals surface area contributed by atoms with Crippen LogP contribution in [0.15, 0.2) is 24.3 Å². The van der Waals surface area contributed by atoms with Crippen molar-refractivity contribution in [1.82, 2.24) is 5.32 Å². The third kappa shape index (κ3) is 3.78. The second-order valence-electron chi connectivity index (χ2n) is 4.41. The summed E-state index contributed by atoms with van der Waals surface area (Å²) < 4.78 is 10.8. The fraction of sp³-hybridized carbons (Fsp3) is 0.571. The van der Waals surface area contributed by atoms with E-state index in [2.05, 4.69) is 23.5 Å². The molecular formula is C14H21NO3. The molecule has 18 heavy (non-hydrogen) atoms. The van der Waals surface area contributed by atoms with Gasteiger partial charge in [-0.25, -0.2) is 0 Å². The highest BCUT2D eigenvalue weighted by atomic mass is 16.5. The molecule has 0 saturated carbocycles. The van der Waals surface area contributed by atoms with Crippen molar-refractivity contribution >= 4 is 0 Å². The number of ether oxygens (including phenoxy) is 2. The van der Waals surface area contributed by atoms with E-state index in [-0.39, 0.29) is 12.6 Å². The zero-order valence-electron chi connectivity index (χ0n) is 10.6. The number of aliphatic hydroxyl groups excluding tert-OH is 1. The van der Waals surface area contributed by atoms with Crippen molar-refractivity contribution < 1.29 is 14.6 Å². The Morgan fingerprint density at radius 2 is 2.22 bits per heavy atom. The molecule has 0 aromatic heterocycles. The predicted molar refractivity (Wildman–Crippen MR) is 69.4 cm³/mol. The lowest BCUT2D eigenvalue weighted by Gasteiger charge is -2.26. The summed E-state index contributed by atoms with van der Waals surface area (Å²) in [6.07, 6.45) is 0.943. The number of benzene rings is 1. The Morgan fingerprint density at radius 1 is 1.33 bits per heavy atom. The molecule has 2 rings (SSSR count). The minimum atomic E-state index is 0.0945. The molecule has 1 aliphatic heterocycles. The Labute approximate surface area is 108 Å². The summed E-state index contributed by atoms with van der Waals surface area (Å²) in [5.41, 5.74) is 2.62. The highest BCUT2D eigenvalue weighted by Crippen LogP contribution is 2.24. The van der Waals surface area contributed by atoms with Crippen LogP contribution < -0.4 is 5.32 Å². The Hall–Kier alpha value is -0.940. The van der Waals surface area contributed by atoms with E-state index in [1.807, 2.05) is 6.07 Å². The van der Waals surface area contributed by atoms with Crippen LogP contribution in [0.2, 0.25) is 0 Å². The number of aliphatic hydroxyl groups is 1. The lowest BCUT2D eigenvalue weighted by atomic mass is 9.99. The molecule has 1 unspecified atom stereocenters. The molecule has 0 spiro atoms. The van der Waals surface area contributed by atoms with Crippen molar-refractivity contribution in [2.45, 2.75) is 19.1 Å². The average molecular weight is 251 g/mol. The van der Waals surface area contributed by atoms with Gasteiger partial charge < -0.3 is 19.9 Å². The summed E-state index contributed by atoms with van der Waals surface area (Å²) in [6, 6.07) is 8.69. The maximum absolute atomic E-state index is 8.58. The summed E-state index contributed by atoms with van der Waals surface area (Å²) in [6.45, 7) is 3.55. The first-order valence-corrected chi connectivity index (χ1v) is 6.49. The van der Waals surface area contributed by atoms with E-state index in [9.17, 15) is 0 Å². The van der Waals surface area contributed by atoms with E-state index in [0.29, 0.717) is 19.8 Å². The lowest BCUT2D eigenvalue weighted by Crippen LogP contribution is -2.30. The SMILES string of the molecule is OCCOCCCNC1COCc2ccccc21. The second kappa shape index (κ2) is 7.48. The van der Waals surface area contributed by atoms with Gasteiger partial charge in [-0.05, 0) is 24.1 Å². The van der Waals surface area contributed by atoms with Crippen LogP contribution in [0.25, 0.3) is 0 Å². The molecule has 0 saturated heterocycles. The van der Waals surface area contributed by atoms with Crippen LogP contribution >= 0.6 is 0 Å². The van der Waals surface area contributed by atoms with Crippen molar-refractivity contribution in [3.63, 3.8) is 0 Å². The van der Waals surface area contributed by atoms with E-state index in [1.165, 1.54) is 11.1 Å². The Kier molecular flexibility index (Phi) is 5.61. The quantitative estimate of drug-likeness (QED) is 0.716. The third-order valence-corrected chi connectivity index (χ3v) is 3.06. The number of hydrogen-bond acceptors (Lipinski definition) is 4. The summed E-state index contributed by atoms with van der Waals surface area (Å²) in [7, 11) is 0. The molecule has 4 heteroatoms. The van der Waals surface area contributed by atoms with Gasteiger partial charge in [0.15, 0.2) is 0 Å². The zero-order chi connectivity index (χ0) is 12.6. The Bertz CT molecular complexity index is 357. The normalized spacial score (nSPS) is 18.6. The summed E-state index contributed by atoms with van der Waals surface area (Å²) in [5.74, 6) is 0. The molecule has 0 fully saturated rings. The van der Waals surface area contributed by atoms with Gasteiger partial charge in [-0.3, -0.25) is 0 Å². The molecular weight excluding hydrogens is 230 g/mol. The van der Waals surface area contributed by atoms with E-state index < -0.39 is 0 Å². The van der Waals surface area contributed by atoms with E-state index >= 15 is 0 Å². The maximum Gasteiger partial charge on any atom is 0.0721 e. The van der Waals surface area contributed by atoms with Crippen LogP contribution in [0.3, 0.4) is 0 Å². The topological polar surface area (TPSA) is 50.7 Å². The molecule has 1 atom stereocenters. The molecule has 4 nitrogen and oxygen atoms in total. The second-order valence-corrected chi connectivity index (χ2v) is 4.41. The van der Waals surface area contributed by atoms with Crippen LogP contribution in [0.5, 0.6) is 0 Å². The van der Waals surface area contributed by atoms with Crippen molar-refractivity contribution in [3.8, 4) is 0 Å². The number of nitrogens with one attached hydrogen (secondary N) is 1. The standard InChI is InChI=1S/C14H21NO3/c16-7-9-17-8-3-6-15-14-11-18-10-12-4-1-2-5-13(12)14/h1-2,4-5,14-16H,3,6-11H2. The van der Waals surface area contributed by atoms with Gasteiger partial charge >= 0.3 is 0 Å². The highest BCUT2D eigenvalue weighted by molar-refractivity contribution is 5.30.